The van der Waals surface area contributed by atoms with Crippen molar-refractivity contribution in [1.82, 2.24) is 14.9 Å². The standard InChI is InChI=1S/C14H19N3O4S/c18-13(11-4-9-22(19,20)10-11)17-7-2-12(3-8-17)21-14-15-5-1-6-16-14/h1,5-6,11-12H,2-4,7-10H2. The van der Waals surface area contributed by atoms with Crippen LogP contribution in [-0.2, 0) is 14.6 Å². The Morgan fingerprint density at radius 3 is 2.45 bits per heavy atom. The van der Waals surface area contributed by atoms with E-state index in [2.05, 4.69) is 9.97 Å². The molecule has 2 fully saturated rings. The predicted molar refractivity (Wildman–Crippen MR) is 79.0 cm³/mol. The zero-order chi connectivity index (χ0) is 15.6. The monoisotopic (exact) mass is 325 g/mol. The van der Waals surface area contributed by atoms with Crippen molar-refractivity contribution in [3.8, 4) is 6.01 Å². The molecule has 2 aliphatic rings. The first-order valence-corrected chi connectivity index (χ1v) is 9.28. The van der Waals surface area contributed by atoms with Crippen LogP contribution in [0, 0.1) is 5.92 Å². The average molecular weight is 325 g/mol. The molecule has 8 heteroatoms. The summed E-state index contributed by atoms with van der Waals surface area (Å²) in [6, 6.07) is 2.08. The number of carbonyl (C=O) groups is 1. The van der Waals surface area contributed by atoms with Crippen molar-refractivity contribution in [1.29, 1.82) is 0 Å². The number of hydrogen-bond acceptors (Lipinski definition) is 6. The van der Waals surface area contributed by atoms with E-state index in [1.54, 1.807) is 23.4 Å². The third-order valence-electron chi connectivity index (χ3n) is 4.15. The second-order valence-corrected chi connectivity index (χ2v) is 8.00. The number of aromatic nitrogens is 2. The molecule has 3 rings (SSSR count). The summed E-state index contributed by atoms with van der Waals surface area (Å²) in [6.07, 6.45) is 5.13. The maximum absolute atomic E-state index is 12.3. The van der Waals surface area contributed by atoms with Gasteiger partial charge in [-0.15, -0.1) is 0 Å². The van der Waals surface area contributed by atoms with E-state index in [0.29, 0.717) is 38.4 Å². The number of piperidine rings is 1. The first-order chi connectivity index (χ1) is 10.5. The summed E-state index contributed by atoms with van der Waals surface area (Å²) in [5, 5.41) is 0. The number of sulfone groups is 1. The summed E-state index contributed by atoms with van der Waals surface area (Å²) >= 11 is 0. The molecule has 1 unspecified atom stereocenters. The summed E-state index contributed by atoms with van der Waals surface area (Å²) in [7, 11) is -3.02. The molecule has 1 aromatic rings. The lowest BCUT2D eigenvalue weighted by Crippen LogP contribution is -2.44. The molecule has 0 saturated carbocycles. The van der Waals surface area contributed by atoms with E-state index in [-0.39, 0.29) is 29.4 Å². The fourth-order valence-corrected chi connectivity index (χ4v) is 4.67. The van der Waals surface area contributed by atoms with Crippen molar-refractivity contribution in [2.24, 2.45) is 5.92 Å². The summed E-state index contributed by atoms with van der Waals surface area (Å²) in [4.78, 5) is 22.2. The topological polar surface area (TPSA) is 89.5 Å². The van der Waals surface area contributed by atoms with Gasteiger partial charge in [-0.05, 0) is 12.5 Å². The fourth-order valence-electron chi connectivity index (χ4n) is 2.94. The molecule has 0 aromatic carbocycles. The van der Waals surface area contributed by atoms with Crippen LogP contribution in [0.3, 0.4) is 0 Å². The van der Waals surface area contributed by atoms with Gasteiger partial charge in [-0.2, -0.15) is 0 Å². The van der Waals surface area contributed by atoms with Crippen LogP contribution in [0.1, 0.15) is 19.3 Å². The van der Waals surface area contributed by atoms with Gasteiger partial charge in [0, 0.05) is 38.3 Å². The van der Waals surface area contributed by atoms with Gasteiger partial charge in [-0.3, -0.25) is 4.79 Å². The van der Waals surface area contributed by atoms with E-state index in [1.807, 2.05) is 0 Å². The minimum Gasteiger partial charge on any atom is -0.460 e. The Balaban J connectivity index is 1.50. The molecule has 3 heterocycles. The second-order valence-electron chi connectivity index (χ2n) is 5.77. The lowest BCUT2D eigenvalue weighted by molar-refractivity contribution is -0.136. The highest BCUT2D eigenvalue weighted by Crippen LogP contribution is 2.23. The zero-order valence-corrected chi connectivity index (χ0v) is 13.0. The number of hydrogen-bond donors (Lipinski definition) is 0. The number of likely N-dealkylation sites (tertiary alicyclic amines) is 1. The fraction of sp³-hybridized carbons (Fsp3) is 0.643. The molecule has 2 saturated heterocycles. The lowest BCUT2D eigenvalue weighted by Gasteiger charge is -2.33. The van der Waals surface area contributed by atoms with Crippen LogP contribution in [0.4, 0.5) is 0 Å². The van der Waals surface area contributed by atoms with Crippen LogP contribution in [0.2, 0.25) is 0 Å². The molecule has 0 N–H and O–H groups in total. The molecule has 0 aliphatic carbocycles. The Labute approximate surface area is 129 Å². The molecule has 1 atom stereocenters. The maximum atomic E-state index is 12.3. The molecule has 7 nitrogen and oxygen atoms in total. The SMILES string of the molecule is O=C(C1CCS(=O)(=O)C1)N1CCC(Oc2ncccn2)CC1. The number of amides is 1. The highest BCUT2D eigenvalue weighted by molar-refractivity contribution is 7.91. The van der Waals surface area contributed by atoms with Gasteiger partial charge in [0.2, 0.25) is 5.91 Å². The first-order valence-electron chi connectivity index (χ1n) is 7.46. The Hall–Kier alpha value is -1.70. The van der Waals surface area contributed by atoms with Crippen LogP contribution in [0.25, 0.3) is 0 Å². The van der Waals surface area contributed by atoms with Crippen LogP contribution in [0.15, 0.2) is 18.5 Å². The maximum Gasteiger partial charge on any atom is 0.316 e. The largest absolute Gasteiger partial charge is 0.460 e. The smallest absolute Gasteiger partial charge is 0.316 e. The van der Waals surface area contributed by atoms with Gasteiger partial charge >= 0.3 is 6.01 Å². The number of ether oxygens (including phenoxy) is 1. The van der Waals surface area contributed by atoms with Crippen molar-refractivity contribution in [3.63, 3.8) is 0 Å². The molecule has 120 valence electrons. The second kappa shape index (κ2) is 6.20. The first kappa shape index (κ1) is 15.2. The molecular weight excluding hydrogens is 306 g/mol. The van der Waals surface area contributed by atoms with Gasteiger partial charge in [0.15, 0.2) is 9.84 Å². The lowest BCUT2D eigenvalue weighted by atomic mass is 10.0. The number of nitrogens with zero attached hydrogens (tertiary/aromatic N) is 3. The third-order valence-corrected chi connectivity index (χ3v) is 5.92. The Bertz CT molecular complexity index is 627. The van der Waals surface area contributed by atoms with Crippen LogP contribution < -0.4 is 4.74 Å². The van der Waals surface area contributed by atoms with Crippen LogP contribution >= 0.6 is 0 Å². The van der Waals surface area contributed by atoms with Crippen LogP contribution in [-0.4, -0.2) is 59.9 Å². The summed E-state index contributed by atoms with van der Waals surface area (Å²) in [6.45, 7) is 1.18. The van der Waals surface area contributed by atoms with E-state index < -0.39 is 9.84 Å². The predicted octanol–water partition coefficient (Wildman–Crippen LogP) is 0.281. The van der Waals surface area contributed by atoms with Gasteiger partial charge in [0.05, 0.1) is 17.4 Å². The minimum absolute atomic E-state index is 0.000116. The Morgan fingerprint density at radius 2 is 1.86 bits per heavy atom. The molecule has 0 radical (unpaired) electrons. The summed E-state index contributed by atoms with van der Waals surface area (Å²) in [5.74, 6) is -0.260. The van der Waals surface area contributed by atoms with E-state index in [1.165, 1.54) is 0 Å². The molecular formula is C14H19N3O4S. The summed E-state index contributed by atoms with van der Waals surface area (Å²) < 4.78 is 28.6. The highest BCUT2D eigenvalue weighted by atomic mass is 32.2. The van der Waals surface area contributed by atoms with Crippen molar-refractivity contribution >= 4 is 15.7 Å². The quantitative estimate of drug-likeness (QED) is 0.793. The van der Waals surface area contributed by atoms with E-state index in [0.717, 1.165) is 0 Å². The average Bonchev–Trinajstić information content (AvgIpc) is 2.88. The van der Waals surface area contributed by atoms with Gasteiger partial charge < -0.3 is 9.64 Å². The number of rotatable bonds is 3. The zero-order valence-electron chi connectivity index (χ0n) is 12.2. The van der Waals surface area contributed by atoms with Gasteiger partial charge in [0.25, 0.3) is 0 Å². The van der Waals surface area contributed by atoms with E-state index in [4.69, 9.17) is 4.74 Å². The van der Waals surface area contributed by atoms with Gasteiger partial charge in [-0.25, -0.2) is 18.4 Å². The molecule has 0 spiro atoms. The van der Waals surface area contributed by atoms with Crippen molar-refractivity contribution in [3.05, 3.63) is 18.5 Å². The van der Waals surface area contributed by atoms with Crippen molar-refractivity contribution in [2.45, 2.75) is 25.4 Å². The van der Waals surface area contributed by atoms with Crippen molar-refractivity contribution < 1.29 is 17.9 Å². The van der Waals surface area contributed by atoms with Gasteiger partial charge in [-0.1, -0.05) is 0 Å². The summed E-state index contributed by atoms with van der Waals surface area (Å²) in [5.41, 5.74) is 0. The highest BCUT2D eigenvalue weighted by Gasteiger charge is 2.36. The molecule has 1 amide bonds. The molecule has 22 heavy (non-hydrogen) atoms. The Kier molecular flexibility index (Phi) is 4.28. The Morgan fingerprint density at radius 1 is 1.18 bits per heavy atom. The molecule has 2 aliphatic heterocycles. The van der Waals surface area contributed by atoms with Crippen LogP contribution in [0.5, 0.6) is 6.01 Å². The van der Waals surface area contributed by atoms with E-state index >= 15 is 0 Å². The molecule has 0 bridgehead atoms. The minimum atomic E-state index is -3.02. The number of carbonyl (C=O) groups excluding carboxylic acids is 1. The normalized spacial score (nSPS) is 25.1. The molecule has 1 aromatic heterocycles. The van der Waals surface area contributed by atoms with E-state index in [9.17, 15) is 13.2 Å². The third kappa shape index (κ3) is 3.55. The van der Waals surface area contributed by atoms with Gasteiger partial charge in [0.1, 0.15) is 6.10 Å². The van der Waals surface area contributed by atoms with Crippen molar-refractivity contribution in [2.75, 3.05) is 24.6 Å².